The Kier molecular flexibility index (Phi) is 3.55. The lowest BCUT2D eigenvalue weighted by Crippen LogP contribution is -1.89. The van der Waals surface area contributed by atoms with Crippen molar-refractivity contribution < 1.29 is 9.47 Å². The van der Waals surface area contributed by atoms with Gasteiger partial charge < -0.3 is 14.5 Å². The highest BCUT2D eigenvalue weighted by Crippen LogP contribution is 2.29. The standard InChI is InChI=1S/C16H15N3O2/c1-20-13-6-12(7-14(8-13)21-2)16-18-10-15(19-16)11-4-3-5-17-9-11/h3-10H,1-2H3,(H,18,19). The number of aromatic nitrogens is 3. The minimum Gasteiger partial charge on any atom is -0.497 e. The van der Waals surface area contributed by atoms with Gasteiger partial charge in [0.1, 0.15) is 17.3 Å². The summed E-state index contributed by atoms with van der Waals surface area (Å²) in [4.78, 5) is 11.8. The van der Waals surface area contributed by atoms with Crippen LogP contribution in [0.5, 0.6) is 11.5 Å². The number of rotatable bonds is 4. The van der Waals surface area contributed by atoms with Gasteiger partial charge in [-0.1, -0.05) is 0 Å². The summed E-state index contributed by atoms with van der Waals surface area (Å²) < 4.78 is 10.6. The Balaban J connectivity index is 2.00. The number of aromatic amines is 1. The Morgan fingerprint density at radius 2 is 1.71 bits per heavy atom. The molecule has 5 nitrogen and oxygen atoms in total. The van der Waals surface area contributed by atoms with Crippen LogP contribution >= 0.6 is 0 Å². The summed E-state index contributed by atoms with van der Waals surface area (Å²) in [5, 5.41) is 0. The lowest BCUT2D eigenvalue weighted by molar-refractivity contribution is 0.394. The number of methoxy groups -OCH3 is 2. The largest absolute Gasteiger partial charge is 0.497 e. The van der Waals surface area contributed by atoms with Crippen LogP contribution in [0.2, 0.25) is 0 Å². The van der Waals surface area contributed by atoms with Crippen molar-refractivity contribution in [1.82, 2.24) is 15.0 Å². The van der Waals surface area contributed by atoms with E-state index in [1.807, 2.05) is 30.3 Å². The third-order valence-corrected chi connectivity index (χ3v) is 3.17. The van der Waals surface area contributed by atoms with Crippen molar-refractivity contribution in [3.63, 3.8) is 0 Å². The molecule has 0 bridgehead atoms. The highest BCUT2D eigenvalue weighted by molar-refractivity contribution is 5.66. The molecular weight excluding hydrogens is 266 g/mol. The molecule has 0 aliphatic carbocycles. The van der Waals surface area contributed by atoms with Crippen LogP contribution in [-0.4, -0.2) is 29.2 Å². The minimum absolute atomic E-state index is 0.726. The smallest absolute Gasteiger partial charge is 0.138 e. The van der Waals surface area contributed by atoms with Gasteiger partial charge in [-0.15, -0.1) is 0 Å². The third-order valence-electron chi connectivity index (χ3n) is 3.17. The maximum Gasteiger partial charge on any atom is 0.138 e. The van der Waals surface area contributed by atoms with E-state index in [1.54, 1.807) is 32.8 Å². The van der Waals surface area contributed by atoms with Gasteiger partial charge in [-0.2, -0.15) is 0 Å². The Morgan fingerprint density at radius 1 is 0.952 bits per heavy atom. The van der Waals surface area contributed by atoms with E-state index in [1.165, 1.54) is 0 Å². The molecule has 1 aromatic carbocycles. The van der Waals surface area contributed by atoms with Crippen molar-refractivity contribution in [2.75, 3.05) is 14.2 Å². The average molecular weight is 281 g/mol. The molecule has 0 aliphatic rings. The first-order valence-electron chi connectivity index (χ1n) is 6.49. The Hall–Kier alpha value is -2.82. The minimum atomic E-state index is 0.726. The second-order valence-electron chi connectivity index (χ2n) is 4.49. The first kappa shape index (κ1) is 13.2. The highest BCUT2D eigenvalue weighted by Gasteiger charge is 2.09. The van der Waals surface area contributed by atoms with Crippen LogP contribution in [0.15, 0.2) is 48.9 Å². The lowest BCUT2D eigenvalue weighted by Gasteiger charge is -2.06. The number of ether oxygens (including phenoxy) is 2. The number of benzene rings is 1. The van der Waals surface area contributed by atoms with E-state index < -0.39 is 0 Å². The first-order chi connectivity index (χ1) is 10.3. The maximum atomic E-state index is 5.28. The van der Waals surface area contributed by atoms with Crippen LogP contribution in [0.25, 0.3) is 22.6 Å². The summed E-state index contributed by atoms with van der Waals surface area (Å²) in [5.74, 6) is 2.21. The molecule has 3 rings (SSSR count). The van der Waals surface area contributed by atoms with Gasteiger partial charge in [0.05, 0.1) is 26.1 Å². The second-order valence-corrected chi connectivity index (χ2v) is 4.49. The van der Waals surface area contributed by atoms with E-state index in [4.69, 9.17) is 9.47 Å². The molecule has 0 radical (unpaired) electrons. The van der Waals surface area contributed by atoms with Gasteiger partial charge in [0, 0.05) is 29.6 Å². The molecule has 0 saturated heterocycles. The van der Waals surface area contributed by atoms with Crippen LogP contribution in [0.4, 0.5) is 0 Å². The SMILES string of the molecule is COc1cc(OC)cc(-c2ncc(-c3cccnc3)[nH]2)c1. The quantitative estimate of drug-likeness (QED) is 0.798. The van der Waals surface area contributed by atoms with E-state index in [2.05, 4.69) is 15.0 Å². The molecular formula is C16H15N3O2. The monoisotopic (exact) mass is 281 g/mol. The number of hydrogen-bond donors (Lipinski definition) is 1. The molecule has 1 N–H and O–H groups in total. The highest BCUT2D eigenvalue weighted by atomic mass is 16.5. The zero-order valence-electron chi connectivity index (χ0n) is 11.8. The maximum absolute atomic E-state index is 5.28. The number of nitrogens with one attached hydrogen (secondary N) is 1. The van der Waals surface area contributed by atoms with Crippen LogP contribution < -0.4 is 9.47 Å². The number of hydrogen-bond acceptors (Lipinski definition) is 4. The van der Waals surface area contributed by atoms with Gasteiger partial charge in [-0.25, -0.2) is 4.98 Å². The fraction of sp³-hybridized carbons (Fsp3) is 0.125. The predicted octanol–water partition coefficient (Wildman–Crippen LogP) is 3.16. The van der Waals surface area contributed by atoms with Gasteiger partial charge in [-0.3, -0.25) is 4.98 Å². The summed E-state index contributed by atoms with van der Waals surface area (Å²) in [6.07, 6.45) is 5.33. The fourth-order valence-electron chi connectivity index (χ4n) is 2.08. The topological polar surface area (TPSA) is 60.0 Å². The molecule has 0 saturated carbocycles. The molecule has 5 heteroatoms. The number of H-pyrrole nitrogens is 1. The molecule has 21 heavy (non-hydrogen) atoms. The number of imidazole rings is 1. The van der Waals surface area contributed by atoms with E-state index in [-0.39, 0.29) is 0 Å². The molecule has 3 aromatic rings. The Morgan fingerprint density at radius 3 is 2.33 bits per heavy atom. The van der Waals surface area contributed by atoms with Crippen LogP contribution in [0, 0.1) is 0 Å². The van der Waals surface area contributed by atoms with Gasteiger partial charge in [0.15, 0.2) is 0 Å². The van der Waals surface area contributed by atoms with Crippen molar-refractivity contribution in [3.8, 4) is 34.1 Å². The summed E-state index contributed by atoms with van der Waals surface area (Å²) in [6, 6.07) is 9.53. The molecule has 0 unspecified atom stereocenters. The molecule has 0 spiro atoms. The van der Waals surface area contributed by atoms with Gasteiger partial charge in [-0.05, 0) is 24.3 Å². The summed E-state index contributed by atoms with van der Waals surface area (Å²) in [6.45, 7) is 0. The van der Waals surface area contributed by atoms with Crippen LogP contribution in [0.1, 0.15) is 0 Å². The summed E-state index contributed by atoms with van der Waals surface area (Å²) >= 11 is 0. The van der Waals surface area contributed by atoms with Crippen molar-refractivity contribution in [2.24, 2.45) is 0 Å². The number of pyridine rings is 1. The predicted molar refractivity (Wildman–Crippen MR) is 80.4 cm³/mol. The molecule has 2 aromatic heterocycles. The molecule has 0 fully saturated rings. The van der Waals surface area contributed by atoms with E-state index >= 15 is 0 Å². The summed E-state index contributed by atoms with van der Waals surface area (Å²) in [5.41, 5.74) is 2.81. The normalized spacial score (nSPS) is 10.4. The van der Waals surface area contributed by atoms with Crippen molar-refractivity contribution in [1.29, 1.82) is 0 Å². The van der Waals surface area contributed by atoms with Crippen molar-refractivity contribution >= 4 is 0 Å². The van der Waals surface area contributed by atoms with Crippen molar-refractivity contribution in [2.45, 2.75) is 0 Å². The molecule has 0 amide bonds. The van der Waals surface area contributed by atoms with Gasteiger partial charge in [0.25, 0.3) is 0 Å². The summed E-state index contributed by atoms with van der Waals surface area (Å²) in [7, 11) is 3.25. The fourth-order valence-corrected chi connectivity index (χ4v) is 2.08. The molecule has 0 aliphatic heterocycles. The third kappa shape index (κ3) is 2.72. The molecule has 2 heterocycles. The van der Waals surface area contributed by atoms with Crippen LogP contribution in [0.3, 0.4) is 0 Å². The zero-order valence-corrected chi connectivity index (χ0v) is 11.8. The van der Waals surface area contributed by atoms with Crippen molar-refractivity contribution in [3.05, 3.63) is 48.9 Å². The average Bonchev–Trinajstić information content (AvgIpc) is 3.05. The second kappa shape index (κ2) is 5.66. The Labute approximate surface area is 122 Å². The zero-order chi connectivity index (χ0) is 14.7. The lowest BCUT2D eigenvalue weighted by atomic mass is 10.2. The first-order valence-corrected chi connectivity index (χ1v) is 6.49. The molecule has 0 atom stereocenters. The van der Waals surface area contributed by atoms with Crippen LogP contribution in [-0.2, 0) is 0 Å². The number of nitrogens with zero attached hydrogens (tertiary/aromatic N) is 2. The van der Waals surface area contributed by atoms with E-state index in [9.17, 15) is 0 Å². The van der Waals surface area contributed by atoms with Gasteiger partial charge in [0.2, 0.25) is 0 Å². The Bertz CT molecular complexity index is 716. The van der Waals surface area contributed by atoms with E-state index in [0.29, 0.717) is 0 Å². The van der Waals surface area contributed by atoms with E-state index in [0.717, 1.165) is 34.1 Å². The molecule has 106 valence electrons. The van der Waals surface area contributed by atoms with Gasteiger partial charge >= 0.3 is 0 Å².